The van der Waals surface area contributed by atoms with Gasteiger partial charge in [-0.25, -0.2) is 0 Å². The molecule has 1 aromatic rings. The highest BCUT2D eigenvalue weighted by atomic mass is 16.5. The van der Waals surface area contributed by atoms with Gasteiger partial charge < -0.3 is 15.4 Å². The molecule has 94 valence electrons. The molecule has 17 heavy (non-hydrogen) atoms. The molecule has 1 aliphatic heterocycles. The summed E-state index contributed by atoms with van der Waals surface area (Å²) in [6.07, 6.45) is 4.40. The van der Waals surface area contributed by atoms with Gasteiger partial charge in [0.15, 0.2) is 0 Å². The molecule has 0 amide bonds. The van der Waals surface area contributed by atoms with Crippen molar-refractivity contribution in [1.29, 1.82) is 0 Å². The van der Waals surface area contributed by atoms with Gasteiger partial charge in [-0.05, 0) is 44.5 Å². The number of nitrogens with one attached hydrogen (secondary N) is 2. The van der Waals surface area contributed by atoms with Crippen LogP contribution in [0.2, 0.25) is 0 Å². The predicted molar refractivity (Wildman–Crippen MR) is 67.1 cm³/mol. The molecule has 1 aromatic heterocycles. The zero-order valence-electron chi connectivity index (χ0n) is 10.3. The minimum absolute atomic E-state index is 0.418. The minimum Gasteiger partial charge on any atom is -0.376 e. The van der Waals surface area contributed by atoms with E-state index in [-0.39, 0.29) is 0 Å². The quantitative estimate of drug-likeness (QED) is 0.746. The van der Waals surface area contributed by atoms with Gasteiger partial charge >= 0.3 is 0 Å². The molecule has 0 bridgehead atoms. The fourth-order valence-corrected chi connectivity index (χ4v) is 1.92. The van der Waals surface area contributed by atoms with Gasteiger partial charge in [0.2, 0.25) is 0 Å². The lowest BCUT2D eigenvalue weighted by atomic mass is 10.1. The van der Waals surface area contributed by atoms with E-state index in [1.807, 2.05) is 13.0 Å². The van der Waals surface area contributed by atoms with Gasteiger partial charge in [0.25, 0.3) is 0 Å². The lowest BCUT2D eigenvalue weighted by Gasteiger charge is -2.22. The molecule has 2 N–H and O–H groups in total. The molecular formula is C12H20N4O. The maximum absolute atomic E-state index is 5.78. The second-order valence-corrected chi connectivity index (χ2v) is 4.37. The second-order valence-electron chi connectivity index (χ2n) is 4.37. The molecule has 2 heterocycles. The summed E-state index contributed by atoms with van der Waals surface area (Å²) in [5, 5.41) is 14.4. The first kappa shape index (κ1) is 12.3. The van der Waals surface area contributed by atoms with Gasteiger partial charge in [-0.15, -0.1) is 5.10 Å². The third-order valence-electron chi connectivity index (χ3n) is 2.84. The van der Waals surface area contributed by atoms with Gasteiger partial charge in [0, 0.05) is 6.54 Å². The van der Waals surface area contributed by atoms with E-state index in [0.717, 1.165) is 50.5 Å². The zero-order valence-corrected chi connectivity index (χ0v) is 10.3. The van der Waals surface area contributed by atoms with Crippen LogP contribution in [0, 0.1) is 6.92 Å². The normalized spacial score (nSPS) is 17.0. The van der Waals surface area contributed by atoms with Crippen LogP contribution in [-0.4, -0.2) is 42.5 Å². The molecule has 0 unspecified atom stereocenters. The Hall–Kier alpha value is -1.20. The van der Waals surface area contributed by atoms with Crippen LogP contribution in [0.1, 0.15) is 18.4 Å². The number of anilines is 1. The van der Waals surface area contributed by atoms with Crippen molar-refractivity contribution in [1.82, 2.24) is 15.5 Å². The summed E-state index contributed by atoms with van der Waals surface area (Å²) in [6.45, 7) is 5.65. The SMILES string of the molecule is Cc1cnnc(NCCOC2CCNCC2)c1. The van der Waals surface area contributed by atoms with Crippen LogP contribution < -0.4 is 10.6 Å². The van der Waals surface area contributed by atoms with Crippen LogP contribution in [-0.2, 0) is 4.74 Å². The average molecular weight is 236 g/mol. The highest BCUT2D eigenvalue weighted by Gasteiger charge is 2.12. The Kier molecular flexibility index (Phi) is 4.70. The fraction of sp³-hybridized carbons (Fsp3) is 0.667. The van der Waals surface area contributed by atoms with Crippen molar-refractivity contribution in [3.8, 4) is 0 Å². The van der Waals surface area contributed by atoms with Gasteiger partial charge in [0.05, 0.1) is 18.9 Å². The van der Waals surface area contributed by atoms with Crippen molar-refractivity contribution < 1.29 is 4.74 Å². The molecule has 2 rings (SSSR count). The number of hydrogen-bond donors (Lipinski definition) is 2. The van der Waals surface area contributed by atoms with Crippen molar-refractivity contribution in [2.75, 3.05) is 31.6 Å². The van der Waals surface area contributed by atoms with Crippen LogP contribution >= 0.6 is 0 Å². The maximum Gasteiger partial charge on any atom is 0.148 e. The number of hydrogen-bond acceptors (Lipinski definition) is 5. The third kappa shape index (κ3) is 4.28. The second kappa shape index (κ2) is 6.51. The molecule has 0 spiro atoms. The Morgan fingerprint density at radius 3 is 3.06 bits per heavy atom. The summed E-state index contributed by atoms with van der Waals surface area (Å²) < 4.78 is 5.78. The molecular weight excluding hydrogens is 216 g/mol. The number of ether oxygens (including phenoxy) is 1. The highest BCUT2D eigenvalue weighted by Crippen LogP contribution is 2.07. The Morgan fingerprint density at radius 2 is 2.29 bits per heavy atom. The first-order valence-electron chi connectivity index (χ1n) is 6.20. The third-order valence-corrected chi connectivity index (χ3v) is 2.84. The van der Waals surface area contributed by atoms with Crippen molar-refractivity contribution >= 4 is 5.82 Å². The van der Waals surface area contributed by atoms with Crippen molar-refractivity contribution in [3.05, 3.63) is 17.8 Å². The van der Waals surface area contributed by atoms with E-state index < -0.39 is 0 Å². The first-order chi connectivity index (χ1) is 8.34. The van der Waals surface area contributed by atoms with E-state index in [4.69, 9.17) is 4.74 Å². The smallest absolute Gasteiger partial charge is 0.148 e. The number of piperidine rings is 1. The van der Waals surface area contributed by atoms with Crippen LogP contribution in [0.4, 0.5) is 5.82 Å². The van der Waals surface area contributed by atoms with E-state index in [1.165, 1.54) is 0 Å². The van der Waals surface area contributed by atoms with E-state index in [0.29, 0.717) is 6.10 Å². The molecule has 0 aromatic carbocycles. The summed E-state index contributed by atoms with van der Waals surface area (Å²) >= 11 is 0. The summed E-state index contributed by atoms with van der Waals surface area (Å²) in [7, 11) is 0. The van der Waals surface area contributed by atoms with Gasteiger partial charge in [-0.2, -0.15) is 5.10 Å². The predicted octanol–water partition coefficient (Wildman–Crippen LogP) is 0.966. The molecule has 5 heteroatoms. The molecule has 0 aliphatic carbocycles. The Bertz CT molecular complexity index is 339. The Labute approximate surface area is 102 Å². The van der Waals surface area contributed by atoms with Crippen molar-refractivity contribution in [3.63, 3.8) is 0 Å². The topological polar surface area (TPSA) is 59.1 Å². The molecule has 1 saturated heterocycles. The number of aromatic nitrogens is 2. The van der Waals surface area contributed by atoms with Crippen molar-refractivity contribution in [2.24, 2.45) is 0 Å². The van der Waals surface area contributed by atoms with Crippen LogP contribution in [0.5, 0.6) is 0 Å². The van der Waals surface area contributed by atoms with E-state index in [2.05, 4.69) is 20.8 Å². The summed E-state index contributed by atoms with van der Waals surface area (Å²) in [4.78, 5) is 0. The zero-order chi connectivity index (χ0) is 11.9. The van der Waals surface area contributed by atoms with Crippen LogP contribution in [0.15, 0.2) is 12.3 Å². The van der Waals surface area contributed by atoms with Crippen LogP contribution in [0.25, 0.3) is 0 Å². The largest absolute Gasteiger partial charge is 0.376 e. The average Bonchev–Trinajstić information content (AvgIpc) is 2.36. The maximum atomic E-state index is 5.78. The minimum atomic E-state index is 0.418. The van der Waals surface area contributed by atoms with Gasteiger partial charge in [-0.3, -0.25) is 0 Å². The number of rotatable bonds is 5. The summed E-state index contributed by atoms with van der Waals surface area (Å²) in [6, 6.07) is 1.98. The first-order valence-corrected chi connectivity index (χ1v) is 6.20. The standard InChI is InChI=1S/C12H20N4O/c1-10-8-12(16-15-9-10)14-6-7-17-11-2-4-13-5-3-11/h8-9,11,13H,2-7H2,1H3,(H,14,16). The summed E-state index contributed by atoms with van der Waals surface area (Å²) in [5.41, 5.74) is 1.11. The molecule has 1 aliphatic rings. The van der Waals surface area contributed by atoms with Crippen molar-refractivity contribution in [2.45, 2.75) is 25.9 Å². The fourth-order valence-electron chi connectivity index (χ4n) is 1.92. The van der Waals surface area contributed by atoms with Gasteiger partial charge in [0.1, 0.15) is 5.82 Å². The van der Waals surface area contributed by atoms with Gasteiger partial charge in [-0.1, -0.05) is 0 Å². The number of aryl methyl sites for hydroxylation is 1. The lowest BCUT2D eigenvalue weighted by molar-refractivity contribution is 0.0394. The Balaban J connectivity index is 1.62. The lowest BCUT2D eigenvalue weighted by Crippen LogP contribution is -2.33. The van der Waals surface area contributed by atoms with E-state index >= 15 is 0 Å². The van der Waals surface area contributed by atoms with Crippen LogP contribution in [0.3, 0.4) is 0 Å². The van der Waals surface area contributed by atoms with E-state index in [9.17, 15) is 0 Å². The monoisotopic (exact) mass is 236 g/mol. The molecule has 5 nitrogen and oxygen atoms in total. The number of nitrogens with zero attached hydrogens (tertiary/aromatic N) is 2. The summed E-state index contributed by atoms with van der Waals surface area (Å²) in [5.74, 6) is 0.818. The van der Waals surface area contributed by atoms with E-state index in [1.54, 1.807) is 6.20 Å². The highest BCUT2D eigenvalue weighted by molar-refractivity contribution is 5.34. The molecule has 1 fully saturated rings. The Morgan fingerprint density at radius 1 is 1.47 bits per heavy atom. The molecule has 0 atom stereocenters. The molecule has 0 saturated carbocycles. The molecule has 0 radical (unpaired) electrons.